The van der Waals surface area contributed by atoms with Gasteiger partial charge in [-0.2, -0.15) is 0 Å². The second-order valence-electron chi connectivity index (χ2n) is 5.19. The van der Waals surface area contributed by atoms with Crippen molar-refractivity contribution in [3.63, 3.8) is 0 Å². The average molecular weight is 282 g/mol. The molecule has 0 radical (unpaired) electrons. The highest BCUT2D eigenvalue weighted by atomic mass is 16.1. The van der Waals surface area contributed by atoms with Gasteiger partial charge in [0.05, 0.1) is 11.4 Å². The summed E-state index contributed by atoms with van der Waals surface area (Å²) in [5.74, 6) is 0.850. The molecule has 2 aromatic rings. The number of hydrogen-bond acceptors (Lipinski definition) is 4. The molecule has 1 fully saturated rings. The molecular formula is C16H18N4O. The Morgan fingerprint density at radius 2 is 1.86 bits per heavy atom. The smallest absolute Gasteiger partial charge is 0.255 e. The molecule has 1 aliphatic rings. The first kappa shape index (κ1) is 13.5. The molecule has 1 saturated heterocycles. The highest BCUT2D eigenvalue weighted by molar-refractivity contribution is 6.04. The van der Waals surface area contributed by atoms with Gasteiger partial charge in [0, 0.05) is 31.0 Å². The van der Waals surface area contributed by atoms with E-state index in [0.717, 1.165) is 30.3 Å². The van der Waals surface area contributed by atoms with Crippen LogP contribution in [-0.2, 0) is 0 Å². The van der Waals surface area contributed by atoms with Gasteiger partial charge < -0.3 is 10.2 Å². The van der Waals surface area contributed by atoms with Crippen molar-refractivity contribution in [2.45, 2.75) is 19.8 Å². The number of aryl methyl sites for hydroxylation is 1. The lowest BCUT2D eigenvalue weighted by Gasteiger charge is -2.18. The first-order valence-corrected chi connectivity index (χ1v) is 7.18. The standard InChI is InChI=1S/C16H18N4O/c1-12-14(19-16(21)13-6-8-17-9-7-13)4-5-15(18-12)20-10-2-3-11-20/h4-9H,2-3,10-11H2,1H3,(H,19,21). The molecule has 3 heterocycles. The monoisotopic (exact) mass is 282 g/mol. The van der Waals surface area contributed by atoms with Crippen LogP contribution >= 0.6 is 0 Å². The van der Waals surface area contributed by atoms with Gasteiger partial charge in [-0.25, -0.2) is 4.98 Å². The van der Waals surface area contributed by atoms with E-state index in [1.165, 1.54) is 12.8 Å². The summed E-state index contributed by atoms with van der Waals surface area (Å²) in [4.78, 5) is 22.9. The highest BCUT2D eigenvalue weighted by Crippen LogP contribution is 2.22. The molecule has 21 heavy (non-hydrogen) atoms. The van der Waals surface area contributed by atoms with Gasteiger partial charge in [-0.1, -0.05) is 0 Å². The Labute approximate surface area is 124 Å². The molecule has 1 amide bonds. The fourth-order valence-electron chi connectivity index (χ4n) is 2.50. The molecule has 0 unspecified atom stereocenters. The maximum Gasteiger partial charge on any atom is 0.255 e. The van der Waals surface area contributed by atoms with Crippen LogP contribution in [0.15, 0.2) is 36.7 Å². The summed E-state index contributed by atoms with van der Waals surface area (Å²) in [5.41, 5.74) is 2.18. The van der Waals surface area contributed by atoms with Crippen LogP contribution in [0, 0.1) is 6.92 Å². The largest absolute Gasteiger partial charge is 0.357 e. The van der Waals surface area contributed by atoms with Crippen molar-refractivity contribution in [1.29, 1.82) is 0 Å². The predicted octanol–water partition coefficient (Wildman–Crippen LogP) is 2.64. The third kappa shape index (κ3) is 3.02. The lowest BCUT2D eigenvalue weighted by atomic mass is 10.2. The van der Waals surface area contributed by atoms with Crippen molar-refractivity contribution in [3.05, 3.63) is 47.9 Å². The second-order valence-corrected chi connectivity index (χ2v) is 5.19. The van der Waals surface area contributed by atoms with Crippen LogP contribution in [0.2, 0.25) is 0 Å². The average Bonchev–Trinajstić information content (AvgIpc) is 3.04. The van der Waals surface area contributed by atoms with Crippen LogP contribution in [0.1, 0.15) is 28.9 Å². The van der Waals surface area contributed by atoms with E-state index in [9.17, 15) is 4.79 Å². The lowest BCUT2D eigenvalue weighted by Crippen LogP contribution is -2.20. The minimum absolute atomic E-state index is 0.142. The van der Waals surface area contributed by atoms with Crippen LogP contribution < -0.4 is 10.2 Å². The summed E-state index contributed by atoms with van der Waals surface area (Å²) in [7, 11) is 0. The lowest BCUT2D eigenvalue weighted by molar-refractivity contribution is 0.102. The number of nitrogens with one attached hydrogen (secondary N) is 1. The Hall–Kier alpha value is -2.43. The number of aromatic nitrogens is 2. The van der Waals surface area contributed by atoms with Crippen LogP contribution in [0.4, 0.5) is 11.5 Å². The molecule has 5 nitrogen and oxygen atoms in total. The third-order valence-corrected chi connectivity index (χ3v) is 3.69. The topological polar surface area (TPSA) is 58.1 Å². The summed E-state index contributed by atoms with van der Waals surface area (Å²) in [6.45, 7) is 4.05. The number of nitrogens with zero attached hydrogens (tertiary/aromatic N) is 3. The zero-order valence-corrected chi connectivity index (χ0v) is 12.0. The number of anilines is 2. The van der Waals surface area contributed by atoms with Crippen molar-refractivity contribution >= 4 is 17.4 Å². The Balaban J connectivity index is 1.75. The molecule has 108 valence electrons. The number of hydrogen-bond donors (Lipinski definition) is 1. The van der Waals surface area contributed by atoms with Gasteiger partial charge >= 0.3 is 0 Å². The van der Waals surface area contributed by atoms with E-state index >= 15 is 0 Å². The number of carbonyl (C=O) groups excluding carboxylic acids is 1. The van der Waals surface area contributed by atoms with E-state index in [1.807, 2.05) is 19.1 Å². The molecule has 1 N–H and O–H groups in total. The molecule has 0 aromatic carbocycles. The molecule has 0 bridgehead atoms. The first-order chi connectivity index (χ1) is 10.2. The molecule has 2 aromatic heterocycles. The summed E-state index contributed by atoms with van der Waals surface area (Å²) >= 11 is 0. The minimum atomic E-state index is -0.142. The Bertz CT molecular complexity index is 636. The molecule has 0 aliphatic carbocycles. The van der Waals surface area contributed by atoms with Gasteiger partial charge in [0.2, 0.25) is 0 Å². The van der Waals surface area contributed by atoms with Crippen LogP contribution in [0.25, 0.3) is 0 Å². The van der Waals surface area contributed by atoms with Crippen molar-refractivity contribution in [1.82, 2.24) is 9.97 Å². The maximum atomic E-state index is 12.1. The Kier molecular flexibility index (Phi) is 3.81. The van der Waals surface area contributed by atoms with Crippen LogP contribution in [0.3, 0.4) is 0 Å². The van der Waals surface area contributed by atoms with Crippen LogP contribution in [-0.4, -0.2) is 29.0 Å². The van der Waals surface area contributed by atoms with E-state index in [4.69, 9.17) is 0 Å². The van der Waals surface area contributed by atoms with Gasteiger partial charge in [0.15, 0.2) is 0 Å². The van der Waals surface area contributed by atoms with Gasteiger partial charge in [0.1, 0.15) is 5.82 Å². The number of rotatable bonds is 3. The quantitative estimate of drug-likeness (QED) is 0.940. The van der Waals surface area contributed by atoms with Crippen molar-refractivity contribution < 1.29 is 4.79 Å². The molecular weight excluding hydrogens is 264 g/mol. The number of pyridine rings is 2. The summed E-state index contributed by atoms with van der Waals surface area (Å²) in [5, 5.41) is 2.90. The third-order valence-electron chi connectivity index (χ3n) is 3.69. The van der Waals surface area contributed by atoms with Crippen molar-refractivity contribution in [3.8, 4) is 0 Å². The molecule has 5 heteroatoms. The fraction of sp³-hybridized carbons (Fsp3) is 0.312. The van der Waals surface area contributed by atoms with Crippen molar-refractivity contribution in [2.24, 2.45) is 0 Å². The fourth-order valence-corrected chi connectivity index (χ4v) is 2.50. The van der Waals surface area contributed by atoms with E-state index in [0.29, 0.717) is 5.56 Å². The van der Waals surface area contributed by atoms with Gasteiger partial charge in [-0.3, -0.25) is 9.78 Å². The van der Waals surface area contributed by atoms with E-state index < -0.39 is 0 Å². The normalized spacial score (nSPS) is 14.2. The Morgan fingerprint density at radius 3 is 2.52 bits per heavy atom. The van der Waals surface area contributed by atoms with Gasteiger partial charge in [-0.05, 0) is 44.0 Å². The summed E-state index contributed by atoms with van der Waals surface area (Å²) in [6.07, 6.45) is 5.66. The van der Waals surface area contributed by atoms with Crippen LogP contribution in [0.5, 0.6) is 0 Å². The maximum absolute atomic E-state index is 12.1. The SMILES string of the molecule is Cc1nc(N2CCCC2)ccc1NC(=O)c1ccncc1. The number of amides is 1. The Morgan fingerprint density at radius 1 is 1.14 bits per heavy atom. The minimum Gasteiger partial charge on any atom is -0.357 e. The molecule has 1 aliphatic heterocycles. The first-order valence-electron chi connectivity index (χ1n) is 7.18. The predicted molar refractivity (Wildman–Crippen MR) is 82.6 cm³/mol. The molecule has 0 spiro atoms. The second kappa shape index (κ2) is 5.91. The molecule has 0 saturated carbocycles. The summed E-state index contributed by atoms with van der Waals surface area (Å²) < 4.78 is 0. The van der Waals surface area contributed by atoms with Gasteiger partial charge in [-0.15, -0.1) is 0 Å². The zero-order valence-electron chi connectivity index (χ0n) is 12.0. The molecule has 0 atom stereocenters. The highest BCUT2D eigenvalue weighted by Gasteiger charge is 2.15. The number of carbonyl (C=O) groups is 1. The zero-order chi connectivity index (χ0) is 14.7. The van der Waals surface area contributed by atoms with Crippen molar-refractivity contribution in [2.75, 3.05) is 23.3 Å². The van der Waals surface area contributed by atoms with E-state index in [-0.39, 0.29) is 5.91 Å². The van der Waals surface area contributed by atoms with E-state index in [2.05, 4.69) is 20.2 Å². The van der Waals surface area contributed by atoms with Gasteiger partial charge in [0.25, 0.3) is 5.91 Å². The summed E-state index contributed by atoms with van der Waals surface area (Å²) in [6, 6.07) is 7.28. The molecule has 3 rings (SSSR count). The van der Waals surface area contributed by atoms with E-state index in [1.54, 1.807) is 24.5 Å².